The molecule has 0 fully saturated rings. The molecule has 134 valence electrons. The van der Waals surface area contributed by atoms with Gasteiger partial charge in [0.25, 0.3) is 0 Å². The fourth-order valence-corrected chi connectivity index (χ4v) is 2.98. The summed E-state index contributed by atoms with van der Waals surface area (Å²) in [6, 6.07) is 11.9. The Morgan fingerprint density at radius 3 is 2.28 bits per heavy atom. The summed E-state index contributed by atoms with van der Waals surface area (Å²) in [4.78, 5) is 13.6. The van der Waals surface area contributed by atoms with Crippen molar-refractivity contribution < 1.29 is 9.53 Å². The van der Waals surface area contributed by atoms with E-state index < -0.39 is 6.04 Å². The van der Waals surface area contributed by atoms with Crippen LogP contribution in [0, 0.1) is 20.8 Å². The summed E-state index contributed by atoms with van der Waals surface area (Å²) in [7, 11) is 1.78. The van der Waals surface area contributed by atoms with Crippen LogP contribution in [0.5, 0.6) is 5.75 Å². The van der Waals surface area contributed by atoms with E-state index in [0.717, 1.165) is 22.4 Å². The average molecular weight is 340 g/mol. The number of nitrogens with two attached hydrogens (primary N) is 1. The molecule has 0 saturated carbocycles. The molecule has 2 N–H and O–H groups in total. The van der Waals surface area contributed by atoms with Crippen LogP contribution in [0.15, 0.2) is 36.4 Å². The van der Waals surface area contributed by atoms with Gasteiger partial charge < -0.3 is 15.4 Å². The number of carbonyl (C=O) groups excluding carboxylic acids is 1. The molecule has 0 saturated heterocycles. The van der Waals surface area contributed by atoms with E-state index in [-0.39, 0.29) is 5.91 Å². The van der Waals surface area contributed by atoms with Crippen molar-refractivity contribution in [2.24, 2.45) is 5.73 Å². The van der Waals surface area contributed by atoms with Crippen molar-refractivity contribution in [2.75, 3.05) is 7.05 Å². The number of carbonyl (C=O) groups is 1. The predicted octanol–water partition coefficient (Wildman–Crippen LogP) is 3.50. The van der Waals surface area contributed by atoms with E-state index in [1.54, 1.807) is 18.9 Å². The maximum atomic E-state index is 12.0. The van der Waals surface area contributed by atoms with E-state index in [0.29, 0.717) is 13.2 Å². The lowest BCUT2D eigenvalue weighted by molar-refractivity contribution is -0.131. The first-order chi connectivity index (χ1) is 11.8. The van der Waals surface area contributed by atoms with Crippen LogP contribution in [0.2, 0.25) is 0 Å². The largest absolute Gasteiger partial charge is 0.488 e. The van der Waals surface area contributed by atoms with Crippen LogP contribution in [0.1, 0.15) is 34.7 Å². The Hall–Kier alpha value is -2.33. The highest BCUT2D eigenvalue weighted by Gasteiger charge is 2.15. The Labute approximate surface area is 150 Å². The fraction of sp³-hybridized carbons (Fsp3) is 0.381. The number of hydrogen-bond acceptors (Lipinski definition) is 3. The molecule has 2 aromatic rings. The zero-order chi connectivity index (χ0) is 18.6. The first-order valence-electron chi connectivity index (χ1n) is 8.57. The van der Waals surface area contributed by atoms with Gasteiger partial charge in [0.1, 0.15) is 12.4 Å². The molecule has 1 atom stereocenters. The van der Waals surface area contributed by atoms with E-state index in [4.69, 9.17) is 10.5 Å². The van der Waals surface area contributed by atoms with Crippen molar-refractivity contribution in [3.8, 4) is 5.75 Å². The molecule has 0 unspecified atom stereocenters. The Morgan fingerprint density at radius 2 is 1.72 bits per heavy atom. The van der Waals surface area contributed by atoms with Crippen LogP contribution in [0.3, 0.4) is 0 Å². The number of amides is 1. The fourth-order valence-electron chi connectivity index (χ4n) is 2.98. The summed E-state index contributed by atoms with van der Waals surface area (Å²) in [6.45, 7) is 8.97. The second kappa shape index (κ2) is 8.17. The molecule has 0 aliphatic carbocycles. The third-order valence-corrected chi connectivity index (χ3v) is 4.34. The van der Waals surface area contributed by atoms with Gasteiger partial charge in [0.15, 0.2) is 0 Å². The molecule has 4 heteroatoms. The Morgan fingerprint density at radius 1 is 1.12 bits per heavy atom. The zero-order valence-electron chi connectivity index (χ0n) is 15.8. The van der Waals surface area contributed by atoms with Crippen molar-refractivity contribution in [1.82, 2.24) is 4.90 Å². The summed E-state index contributed by atoms with van der Waals surface area (Å²) in [5, 5.41) is 0. The molecular formula is C21H28N2O2. The number of aryl methyl sites for hydroxylation is 3. The van der Waals surface area contributed by atoms with Gasteiger partial charge in [-0.15, -0.1) is 0 Å². The van der Waals surface area contributed by atoms with Crippen LogP contribution in [0.4, 0.5) is 0 Å². The third-order valence-electron chi connectivity index (χ3n) is 4.34. The number of nitrogens with zero attached hydrogens (tertiary/aromatic N) is 1. The van der Waals surface area contributed by atoms with Gasteiger partial charge in [-0.2, -0.15) is 0 Å². The smallest absolute Gasteiger partial charge is 0.239 e. The maximum absolute atomic E-state index is 12.0. The Balaban J connectivity index is 2.12. The molecule has 25 heavy (non-hydrogen) atoms. The molecule has 2 rings (SSSR count). The van der Waals surface area contributed by atoms with Crippen LogP contribution in [-0.4, -0.2) is 23.9 Å². The van der Waals surface area contributed by atoms with Gasteiger partial charge in [-0.3, -0.25) is 4.79 Å². The van der Waals surface area contributed by atoms with Crippen molar-refractivity contribution in [1.29, 1.82) is 0 Å². The minimum absolute atomic E-state index is 0.0600. The Bertz CT molecular complexity index is 730. The lowest BCUT2D eigenvalue weighted by atomic mass is 10.0. The van der Waals surface area contributed by atoms with Gasteiger partial charge >= 0.3 is 0 Å². The van der Waals surface area contributed by atoms with E-state index in [9.17, 15) is 4.79 Å². The minimum Gasteiger partial charge on any atom is -0.488 e. The molecular weight excluding hydrogens is 312 g/mol. The van der Waals surface area contributed by atoms with Crippen LogP contribution < -0.4 is 10.5 Å². The normalized spacial score (nSPS) is 11.9. The third kappa shape index (κ3) is 4.83. The van der Waals surface area contributed by atoms with Gasteiger partial charge in [-0.25, -0.2) is 0 Å². The molecule has 0 radical (unpaired) electrons. The molecule has 0 aromatic heterocycles. The molecule has 2 aromatic carbocycles. The van der Waals surface area contributed by atoms with E-state index in [1.807, 2.05) is 26.0 Å². The molecule has 0 aliphatic heterocycles. The SMILES string of the molecule is Cc1ccccc1COc1c(C)cc(CN(C)C(=O)[C@@H](C)N)cc1C. The first kappa shape index (κ1) is 19.0. The highest BCUT2D eigenvalue weighted by Crippen LogP contribution is 2.26. The molecule has 4 nitrogen and oxygen atoms in total. The molecule has 0 heterocycles. The van der Waals surface area contributed by atoms with Crippen LogP contribution in [0.25, 0.3) is 0 Å². The lowest BCUT2D eigenvalue weighted by Gasteiger charge is -2.21. The highest BCUT2D eigenvalue weighted by molar-refractivity contribution is 5.80. The summed E-state index contributed by atoms with van der Waals surface area (Å²) in [5.41, 5.74) is 11.3. The quantitative estimate of drug-likeness (QED) is 0.876. The monoisotopic (exact) mass is 340 g/mol. The minimum atomic E-state index is -0.482. The van der Waals surface area contributed by atoms with Gasteiger partial charge in [0.2, 0.25) is 5.91 Å². The second-order valence-corrected chi connectivity index (χ2v) is 6.76. The molecule has 0 aliphatic rings. The van der Waals surface area contributed by atoms with Gasteiger partial charge in [-0.05, 0) is 55.5 Å². The second-order valence-electron chi connectivity index (χ2n) is 6.76. The number of ether oxygens (including phenoxy) is 1. The van der Waals surface area contributed by atoms with Crippen molar-refractivity contribution in [2.45, 2.75) is 46.9 Å². The van der Waals surface area contributed by atoms with Crippen molar-refractivity contribution in [3.05, 3.63) is 64.2 Å². The van der Waals surface area contributed by atoms with Crippen molar-refractivity contribution in [3.63, 3.8) is 0 Å². The average Bonchev–Trinajstić information content (AvgIpc) is 2.54. The number of hydrogen-bond donors (Lipinski definition) is 1. The van der Waals surface area contributed by atoms with E-state index in [2.05, 4.69) is 31.2 Å². The van der Waals surface area contributed by atoms with E-state index >= 15 is 0 Å². The number of rotatable bonds is 6. The van der Waals surface area contributed by atoms with Gasteiger partial charge in [0, 0.05) is 13.6 Å². The molecule has 1 amide bonds. The summed E-state index contributed by atoms with van der Waals surface area (Å²) in [6.07, 6.45) is 0. The zero-order valence-corrected chi connectivity index (χ0v) is 15.8. The number of likely N-dealkylation sites (N-methyl/N-ethyl adjacent to an activating group) is 1. The molecule has 0 bridgehead atoms. The summed E-state index contributed by atoms with van der Waals surface area (Å²) in [5.74, 6) is 0.850. The van der Waals surface area contributed by atoms with Gasteiger partial charge in [-0.1, -0.05) is 36.4 Å². The maximum Gasteiger partial charge on any atom is 0.239 e. The van der Waals surface area contributed by atoms with Crippen molar-refractivity contribution >= 4 is 5.91 Å². The van der Waals surface area contributed by atoms with Crippen LogP contribution in [-0.2, 0) is 17.9 Å². The predicted molar refractivity (Wildman–Crippen MR) is 102 cm³/mol. The highest BCUT2D eigenvalue weighted by atomic mass is 16.5. The standard InChI is InChI=1S/C21H28N2O2/c1-14-8-6-7-9-19(14)13-25-20-15(2)10-18(11-16(20)3)12-23(5)21(24)17(4)22/h6-11,17H,12-13,22H2,1-5H3/t17-/m1/s1. The topological polar surface area (TPSA) is 55.6 Å². The van der Waals surface area contributed by atoms with Crippen LogP contribution >= 0.6 is 0 Å². The first-order valence-corrected chi connectivity index (χ1v) is 8.57. The van der Waals surface area contributed by atoms with Gasteiger partial charge in [0.05, 0.1) is 6.04 Å². The van der Waals surface area contributed by atoms with E-state index in [1.165, 1.54) is 11.1 Å². The molecule has 0 spiro atoms. The Kier molecular flexibility index (Phi) is 6.21. The lowest BCUT2D eigenvalue weighted by Crippen LogP contribution is -2.39. The summed E-state index contributed by atoms with van der Waals surface area (Å²) >= 11 is 0. The number of benzene rings is 2. The summed E-state index contributed by atoms with van der Waals surface area (Å²) < 4.78 is 6.08.